The number of carbonyl (C=O) groups excluding carboxylic acids is 3. The number of nitro benzene ring substituents is 1. The SMILES string of the molecule is CCc1ccccc1NC(=O)CN(C)C(=O)COC(=O)c1ccc(C)c([N+](=O)[O-])c1. The number of benzene rings is 2. The molecule has 2 rings (SSSR count). The van der Waals surface area contributed by atoms with E-state index in [9.17, 15) is 24.5 Å². The van der Waals surface area contributed by atoms with Gasteiger partial charge in [-0.3, -0.25) is 19.7 Å². The molecule has 0 aliphatic carbocycles. The molecule has 0 radical (unpaired) electrons. The van der Waals surface area contributed by atoms with Crippen molar-refractivity contribution >= 4 is 29.2 Å². The van der Waals surface area contributed by atoms with Crippen LogP contribution >= 0.6 is 0 Å². The summed E-state index contributed by atoms with van der Waals surface area (Å²) in [5, 5.41) is 13.7. The number of rotatable bonds is 8. The number of hydrogen-bond donors (Lipinski definition) is 1. The Hall–Kier alpha value is -3.75. The van der Waals surface area contributed by atoms with Gasteiger partial charge in [0.15, 0.2) is 6.61 Å². The summed E-state index contributed by atoms with van der Waals surface area (Å²) in [5.74, 6) is -1.82. The standard InChI is InChI=1S/C21H23N3O6/c1-4-15-7-5-6-8-17(15)22-19(25)12-23(3)20(26)13-30-21(27)16-10-9-14(2)18(11-16)24(28)29/h5-11H,4,12-13H2,1-3H3,(H,22,25). The summed E-state index contributed by atoms with van der Waals surface area (Å²) in [7, 11) is 1.41. The first kappa shape index (κ1) is 22.5. The normalized spacial score (nSPS) is 10.2. The van der Waals surface area contributed by atoms with E-state index < -0.39 is 23.4 Å². The summed E-state index contributed by atoms with van der Waals surface area (Å²) in [4.78, 5) is 48.0. The number of likely N-dealkylation sites (N-methyl/N-ethyl adjacent to an activating group) is 1. The minimum absolute atomic E-state index is 0.0309. The lowest BCUT2D eigenvalue weighted by atomic mass is 10.1. The van der Waals surface area contributed by atoms with Crippen LogP contribution in [-0.4, -0.2) is 47.8 Å². The second-order valence-corrected chi connectivity index (χ2v) is 6.64. The summed E-state index contributed by atoms with van der Waals surface area (Å²) >= 11 is 0. The molecule has 0 fully saturated rings. The highest BCUT2D eigenvalue weighted by Crippen LogP contribution is 2.20. The first-order valence-electron chi connectivity index (χ1n) is 9.26. The van der Waals surface area contributed by atoms with E-state index in [1.54, 1.807) is 19.1 Å². The lowest BCUT2D eigenvalue weighted by Crippen LogP contribution is -2.37. The molecule has 0 spiro atoms. The molecule has 0 aromatic heterocycles. The van der Waals surface area contributed by atoms with Crippen LogP contribution in [0.25, 0.3) is 0 Å². The van der Waals surface area contributed by atoms with Gasteiger partial charge >= 0.3 is 5.97 Å². The minimum Gasteiger partial charge on any atom is -0.452 e. The van der Waals surface area contributed by atoms with E-state index in [0.29, 0.717) is 11.3 Å². The van der Waals surface area contributed by atoms with Crippen LogP contribution in [0.5, 0.6) is 0 Å². The van der Waals surface area contributed by atoms with Crippen LogP contribution in [0.4, 0.5) is 11.4 Å². The summed E-state index contributed by atoms with van der Waals surface area (Å²) in [6, 6.07) is 11.3. The van der Waals surface area contributed by atoms with Crippen LogP contribution in [-0.2, 0) is 20.7 Å². The zero-order valence-electron chi connectivity index (χ0n) is 17.0. The molecule has 9 heteroatoms. The van der Waals surface area contributed by atoms with Crippen molar-refractivity contribution in [1.82, 2.24) is 4.90 Å². The molecule has 30 heavy (non-hydrogen) atoms. The lowest BCUT2D eigenvalue weighted by Gasteiger charge is -2.17. The molecular formula is C21H23N3O6. The number of para-hydroxylation sites is 1. The van der Waals surface area contributed by atoms with Crippen LogP contribution in [0.15, 0.2) is 42.5 Å². The van der Waals surface area contributed by atoms with E-state index in [4.69, 9.17) is 4.74 Å². The van der Waals surface area contributed by atoms with Gasteiger partial charge in [0.1, 0.15) is 0 Å². The Labute approximate surface area is 173 Å². The summed E-state index contributed by atoms with van der Waals surface area (Å²) in [5.41, 5.74) is 1.82. The fourth-order valence-corrected chi connectivity index (χ4v) is 2.70. The number of aryl methyl sites for hydroxylation is 2. The molecule has 2 amide bonds. The Balaban J connectivity index is 1.90. The molecule has 158 valence electrons. The van der Waals surface area contributed by atoms with Crippen LogP contribution < -0.4 is 5.32 Å². The smallest absolute Gasteiger partial charge is 0.338 e. The maximum absolute atomic E-state index is 12.2. The molecule has 1 N–H and O–H groups in total. The maximum Gasteiger partial charge on any atom is 0.338 e. The molecule has 0 aliphatic rings. The molecular weight excluding hydrogens is 390 g/mol. The molecule has 0 heterocycles. The molecule has 0 unspecified atom stereocenters. The Morgan fingerprint density at radius 3 is 2.53 bits per heavy atom. The van der Waals surface area contributed by atoms with E-state index in [-0.39, 0.29) is 23.7 Å². The number of ether oxygens (including phenoxy) is 1. The predicted molar refractivity (Wildman–Crippen MR) is 110 cm³/mol. The fraction of sp³-hybridized carbons (Fsp3) is 0.286. The number of nitrogens with zero attached hydrogens (tertiary/aromatic N) is 2. The maximum atomic E-state index is 12.2. The Morgan fingerprint density at radius 2 is 1.87 bits per heavy atom. The molecule has 2 aromatic carbocycles. The Morgan fingerprint density at radius 1 is 1.17 bits per heavy atom. The number of carbonyl (C=O) groups is 3. The van der Waals surface area contributed by atoms with Crippen molar-refractivity contribution in [3.63, 3.8) is 0 Å². The number of nitro groups is 1. The number of anilines is 1. The van der Waals surface area contributed by atoms with E-state index in [0.717, 1.165) is 23.0 Å². The zero-order chi connectivity index (χ0) is 22.3. The van der Waals surface area contributed by atoms with Gasteiger partial charge in [0.2, 0.25) is 5.91 Å². The van der Waals surface area contributed by atoms with E-state index in [2.05, 4.69) is 5.32 Å². The van der Waals surface area contributed by atoms with Crippen LogP contribution in [0.3, 0.4) is 0 Å². The molecule has 2 aromatic rings. The van der Waals surface area contributed by atoms with Crippen molar-refractivity contribution in [3.8, 4) is 0 Å². The van der Waals surface area contributed by atoms with Crippen LogP contribution in [0, 0.1) is 17.0 Å². The quantitative estimate of drug-likeness (QED) is 0.404. The van der Waals surface area contributed by atoms with Crippen molar-refractivity contribution in [2.24, 2.45) is 0 Å². The van der Waals surface area contributed by atoms with Gasteiger partial charge in [-0.2, -0.15) is 0 Å². The van der Waals surface area contributed by atoms with Crippen molar-refractivity contribution in [2.75, 3.05) is 25.5 Å². The summed E-state index contributed by atoms with van der Waals surface area (Å²) < 4.78 is 4.94. The molecule has 9 nitrogen and oxygen atoms in total. The molecule has 0 saturated heterocycles. The van der Waals surface area contributed by atoms with Gasteiger partial charge in [0, 0.05) is 24.4 Å². The van der Waals surface area contributed by atoms with Crippen molar-refractivity contribution < 1.29 is 24.0 Å². The van der Waals surface area contributed by atoms with E-state index in [1.807, 2.05) is 19.1 Å². The highest BCUT2D eigenvalue weighted by Gasteiger charge is 2.19. The van der Waals surface area contributed by atoms with Gasteiger partial charge in [0.25, 0.3) is 11.6 Å². The third-order valence-corrected chi connectivity index (χ3v) is 4.45. The Kier molecular flexibility index (Phi) is 7.62. The zero-order valence-corrected chi connectivity index (χ0v) is 17.0. The third-order valence-electron chi connectivity index (χ3n) is 4.45. The summed E-state index contributed by atoms with van der Waals surface area (Å²) in [6.07, 6.45) is 0.748. The van der Waals surface area contributed by atoms with Crippen molar-refractivity contribution in [2.45, 2.75) is 20.3 Å². The van der Waals surface area contributed by atoms with Gasteiger partial charge in [0.05, 0.1) is 17.0 Å². The second kappa shape index (κ2) is 10.1. The summed E-state index contributed by atoms with van der Waals surface area (Å²) in [6.45, 7) is 2.72. The van der Waals surface area contributed by atoms with Crippen molar-refractivity contribution in [1.29, 1.82) is 0 Å². The lowest BCUT2D eigenvalue weighted by molar-refractivity contribution is -0.385. The molecule has 0 saturated carbocycles. The van der Waals surface area contributed by atoms with Crippen molar-refractivity contribution in [3.05, 3.63) is 69.3 Å². The van der Waals surface area contributed by atoms with Gasteiger partial charge in [-0.1, -0.05) is 31.2 Å². The van der Waals surface area contributed by atoms with Gasteiger partial charge in [-0.15, -0.1) is 0 Å². The van der Waals surface area contributed by atoms with Crippen LogP contribution in [0.1, 0.15) is 28.4 Å². The van der Waals surface area contributed by atoms with Crippen LogP contribution in [0.2, 0.25) is 0 Å². The number of hydrogen-bond acceptors (Lipinski definition) is 6. The number of esters is 1. The molecule has 0 atom stereocenters. The third kappa shape index (κ3) is 5.87. The topological polar surface area (TPSA) is 119 Å². The molecule has 0 bridgehead atoms. The minimum atomic E-state index is -0.860. The highest BCUT2D eigenvalue weighted by molar-refractivity contribution is 5.96. The largest absolute Gasteiger partial charge is 0.452 e. The number of nitrogens with one attached hydrogen (secondary N) is 1. The average molecular weight is 413 g/mol. The van der Waals surface area contributed by atoms with Gasteiger partial charge in [-0.05, 0) is 31.0 Å². The number of amides is 2. The van der Waals surface area contributed by atoms with E-state index >= 15 is 0 Å². The first-order valence-corrected chi connectivity index (χ1v) is 9.26. The fourth-order valence-electron chi connectivity index (χ4n) is 2.70. The van der Waals surface area contributed by atoms with Gasteiger partial charge in [-0.25, -0.2) is 4.79 Å². The van der Waals surface area contributed by atoms with E-state index in [1.165, 1.54) is 19.2 Å². The predicted octanol–water partition coefficient (Wildman–Crippen LogP) is 2.72. The van der Waals surface area contributed by atoms with Gasteiger partial charge < -0.3 is 15.0 Å². The monoisotopic (exact) mass is 413 g/mol. The second-order valence-electron chi connectivity index (χ2n) is 6.64. The Bertz CT molecular complexity index is 973. The highest BCUT2D eigenvalue weighted by atomic mass is 16.6. The molecule has 0 aliphatic heterocycles. The first-order chi connectivity index (χ1) is 14.2. The average Bonchev–Trinajstić information content (AvgIpc) is 2.72.